The van der Waals surface area contributed by atoms with E-state index in [9.17, 15) is 14.9 Å². The minimum atomic E-state index is -1.45. The number of hydrogen-bond acceptors (Lipinski definition) is 6. The van der Waals surface area contributed by atoms with Gasteiger partial charge in [0.25, 0.3) is 0 Å². The lowest BCUT2D eigenvalue weighted by Crippen LogP contribution is -2.04. The first-order chi connectivity index (χ1) is 10.0. The predicted molar refractivity (Wildman–Crippen MR) is 70.3 cm³/mol. The molecule has 1 heterocycles. The van der Waals surface area contributed by atoms with Gasteiger partial charge >= 0.3 is 11.7 Å². The predicted octanol–water partition coefficient (Wildman–Crippen LogP) is 1.97. The number of nitro groups is 1. The van der Waals surface area contributed by atoms with E-state index in [1.54, 1.807) is 24.3 Å². The van der Waals surface area contributed by atoms with E-state index in [-0.39, 0.29) is 12.5 Å². The second kappa shape index (κ2) is 5.97. The van der Waals surface area contributed by atoms with Gasteiger partial charge in [0.05, 0.1) is 11.5 Å². The lowest BCUT2D eigenvalue weighted by atomic mass is 10.2. The topological polar surface area (TPSA) is 123 Å². The Morgan fingerprint density at radius 1 is 1.38 bits per heavy atom. The third-order valence-electron chi connectivity index (χ3n) is 2.59. The first-order valence-corrected chi connectivity index (χ1v) is 5.76. The van der Waals surface area contributed by atoms with Crippen LogP contribution >= 0.6 is 0 Å². The standard InChI is InChI=1S/C13H10N2O6/c16-7-8-2-1-3-9(4-8)21-12-5-10(13(17)18)11(6-14-12)15(19)20/h1-6,16H,7H2,(H,17,18). The smallest absolute Gasteiger partial charge is 0.342 e. The Bertz CT molecular complexity index is 701. The SMILES string of the molecule is O=C(O)c1cc(Oc2cccc(CO)c2)ncc1[N+](=O)[O-]. The molecule has 0 aliphatic heterocycles. The number of carbonyl (C=O) groups is 1. The molecule has 1 aromatic carbocycles. The molecule has 0 amide bonds. The molecule has 0 bridgehead atoms. The number of nitrogens with zero attached hydrogens (tertiary/aromatic N) is 2. The molecule has 0 aliphatic rings. The first kappa shape index (κ1) is 14.4. The highest BCUT2D eigenvalue weighted by molar-refractivity contribution is 5.92. The molecule has 0 fully saturated rings. The Morgan fingerprint density at radius 2 is 2.14 bits per heavy atom. The third kappa shape index (κ3) is 3.31. The quantitative estimate of drug-likeness (QED) is 0.637. The number of aliphatic hydroxyl groups is 1. The fourth-order valence-corrected chi connectivity index (χ4v) is 1.63. The van der Waals surface area contributed by atoms with E-state index in [0.29, 0.717) is 11.3 Å². The average molecular weight is 290 g/mol. The van der Waals surface area contributed by atoms with Crippen LogP contribution in [-0.2, 0) is 6.61 Å². The Kier molecular flexibility index (Phi) is 4.10. The maximum Gasteiger partial charge on any atom is 0.342 e. The molecule has 0 unspecified atom stereocenters. The molecular weight excluding hydrogens is 280 g/mol. The summed E-state index contributed by atoms with van der Waals surface area (Å²) in [6, 6.07) is 7.43. The number of ether oxygens (including phenoxy) is 1. The Balaban J connectivity index is 2.34. The van der Waals surface area contributed by atoms with E-state index in [2.05, 4.69) is 4.98 Å². The highest BCUT2D eigenvalue weighted by atomic mass is 16.6. The molecule has 0 saturated heterocycles. The zero-order valence-electron chi connectivity index (χ0n) is 10.6. The highest BCUT2D eigenvalue weighted by Gasteiger charge is 2.21. The second-order valence-electron chi connectivity index (χ2n) is 4.01. The summed E-state index contributed by atoms with van der Waals surface area (Å²) in [5.41, 5.74) is -0.518. The lowest BCUT2D eigenvalue weighted by Gasteiger charge is -2.06. The van der Waals surface area contributed by atoms with E-state index >= 15 is 0 Å². The summed E-state index contributed by atoms with van der Waals surface area (Å²) in [7, 11) is 0. The van der Waals surface area contributed by atoms with E-state index in [0.717, 1.165) is 12.3 Å². The maximum atomic E-state index is 11.0. The molecule has 8 heteroatoms. The normalized spacial score (nSPS) is 10.1. The number of benzene rings is 1. The molecule has 8 nitrogen and oxygen atoms in total. The number of aliphatic hydroxyl groups excluding tert-OH is 1. The number of aromatic carboxylic acids is 1. The fourth-order valence-electron chi connectivity index (χ4n) is 1.63. The largest absolute Gasteiger partial charge is 0.477 e. The van der Waals surface area contributed by atoms with E-state index < -0.39 is 22.1 Å². The van der Waals surface area contributed by atoms with Gasteiger partial charge in [-0.25, -0.2) is 9.78 Å². The van der Waals surface area contributed by atoms with Crippen LogP contribution in [0.1, 0.15) is 15.9 Å². The number of carboxylic acids is 1. The molecule has 21 heavy (non-hydrogen) atoms. The summed E-state index contributed by atoms with van der Waals surface area (Å²) >= 11 is 0. The number of aromatic nitrogens is 1. The van der Waals surface area contributed by atoms with Crippen LogP contribution in [-0.4, -0.2) is 26.1 Å². The minimum absolute atomic E-state index is 0.0897. The molecule has 0 radical (unpaired) electrons. The number of hydrogen-bond donors (Lipinski definition) is 2. The van der Waals surface area contributed by atoms with E-state index in [1.807, 2.05) is 0 Å². The molecule has 0 aliphatic carbocycles. The van der Waals surface area contributed by atoms with Gasteiger partial charge in [-0.1, -0.05) is 12.1 Å². The van der Waals surface area contributed by atoms with Crippen LogP contribution < -0.4 is 4.74 Å². The molecule has 1 aromatic heterocycles. The van der Waals surface area contributed by atoms with Crippen molar-refractivity contribution >= 4 is 11.7 Å². The van der Waals surface area contributed by atoms with E-state index in [4.69, 9.17) is 14.9 Å². The van der Waals surface area contributed by atoms with Gasteiger partial charge < -0.3 is 14.9 Å². The van der Waals surface area contributed by atoms with Gasteiger partial charge in [0.15, 0.2) is 0 Å². The molecule has 0 saturated carbocycles. The van der Waals surface area contributed by atoms with Gasteiger partial charge in [0.1, 0.15) is 17.5 Å². The molecule has 2 aromatic rings. The van der Waals surface area contributed by atoms with Crippen molar-refractivity contribution in [1.82, 2.24) is 4.98 Å². The number of carboxylic acid groups (broad SMARTS) is 1. The number of rotatable bonds is 5. The molecular formula is C13H10N2O6. The van der Waals surface area contributed by atoms with Gasteiger partial charge in [0, 0.05) is 6.07 Å². The Labute approximate surface area is 118 Å². The maximum absolute atomic E-state index is 11.0. The van der Waals surface area contributed by atoms with Crippen molar-refractivity contribution in [2.75, 3.05) is 0 Å². The highest BCUT2D eigenvalue weighted by Crippen LogP contribution is 2.25. The van der Waals surface area contributed by atoms with Gasteiger partial charge in [-0.05, 0) is 17.7 Å². The lowest BCUT2D eigenvalue weighted by molar-refractivity contribution is -0.385. The Morgan fingerprint density at radius 3 is 2.76 bits per heavy atom. The molecule has 2 rings (SSSR count). The van der Waals surface area contributed by atoms with Crippen molar-refractivity contribution in [1.29, 1.82) is 0 Å². The molecule has 0 atom stereocenters. The van der Waals surface area contributed by atoms with Gasteiger partial charge in [-0.15, -0.1) is 0 Å². The average Bonchev–Trinajstić information content (AvgIpc) is 2.47. The third-order valence-corrected chi connectivity index (χ3v) is 2.59. The molecule has 2 N–H and O–H groups in total. The number of pyridine rings is 1. The van der Waals surface area contributed by atoms with Gasteiger partial charge in [-0.2, -0.15) is 0 Å². The molecule has 0 spiro atoms. The van der Waals surface area contributed by atoms with Crippen LogP contribution in [0.15, 0.2) is 36.5 Å². The van der Waals surface area contributed by atoms with Crippen LogP contribution in [0.3, 0.4) is 0 Å². The fraction of sp³-hybridized carbons (Fsp3) is 0.0769. The van der Waals surface area contributed by atoms with Crippen molar-refractivity contribution < 1.29 is 24.7 Å². The van der Waals surface area contributed by atoms with Crippen molar-refractivity contribution in [3.63, 3.8) is 0 Å². The minimum Gasteiger partial charge on any atom is -0.477 e. The Hall–Kier alpha value is -3.00. The van der Waals surface area contributed by atoms with E-state index in [1.165, 1.54) is 0 Å². The summed E-state index contributed by atoms with van der Waals surface area (Å²) in [4.78, 5) is 24.6. The van der Waals surface area contributed by atoms with Gasteiger partial charge in [-0.3, -0.25) is 10.1 Å². The van der Waals surface area contributed by atoms with Crippen LogP contribution in [0, 0.1) is 10.1 Å². The van der Waals surface area contributed by atoms with Crippen molar-refractivity contribution in [2.45, 2.75) is 6.61 Å². The monoisotopic (exact) mass is 290 g/mol. The van der Waals surface area contributed by atoms with Crippen molar-refractivity contribution in [3.8, 4) is 11.6 Å². The summed E-state index contributed by atoms with van der Waals surface area (Å²) in [6.07, 6.45) is 0.828. The second-order valence-corrected chi connectivity index (χ2v) is 4.01. The van der Waals surface area contributed by atoms with Crippen LogP contribution in [0.25, 0.3) is 0 Å². The van der Waals surface area contributed by atoms with Crippen LogP contribution in [0.4, 0.5) is 5.69 Å². The summed E-state index contributed by atoms with van der Waals surface area (Å²) in [5.74, 6) is -1.20. The first-order valence-electron chi connectivity index (χ1n) is 5.76. The summed E-state index contributed by atoms with van der Waals surface area (Å²) in [5, 5.41) is 28.7. The van der Waals surface area contributed by atoms with Crippen LogP contribution in [0.2, 0.25) is 0 Å². The summed E-state index contributed by atoms with van der Waals surface area (Å²) in [6.45, 7) is -0.175. The summed E-state index contributed by atoms with van der Waals surface area (Å²) < 4.78 is 5.34. The van der Waals surface area contributed by atoms with Crippen LogP contribution in [0.5, 0.6) is 11.6 Å². The molecule has 108 valence electrons. The zero-order valence-corrected chi connectivity index (χ0v) is 10.6. The van der Waals surface area contributed by atoms with Crippen molar-refractivity contribution in [2.24, 2.45) is 0 Å². The van der Waals surface area contributed by atoms with Gasteiger partial charge in [0.2, 0.25) is 5.88 Å². The zero-order chi connectivity index (χ0) is 15.4. The van der Waals surface area contributed by atoms with Crippen molar-refractivity contribution in [3.05, 3.63) is 57.8 Å².